The van der Waals surface area contributed by atoms with Crippen LogP contribution in [0.4, 0.5) is 0 Å². The molecule has 35 heavy (non-hydrogen) atoms. The molecule has 0 aliphatic carbocycles. The van der Waals surface area contributed by atoms with Gasteiger partial charge in [0.25, 0.3) is 0 Å². The minimum Gasteiger partial charge on any atom is -0.508 e. The summed E-state index contributed by atoms with van der Waals surface area (Å²) in [6.45, 7) is 0.956. The van der Waals surface area contributed by atoms with Gasteiger partial charge < -0.3 is 47.8 Å². The molecular formula is C22H35N5O8. The molecule has 3 amide bonds. The Morgan fingerprint density at radius 3 is 2.06 bits per heavy atom. The number of benzene rings is 1. The largest absolute Gasteiger partial charge is 0.508 e. The molecule has 13 nitrogen and oxygen atoms in total. The summed E-state index contributed by atoms with van der Waals surface area (Å²) in [5, 5.41) is 45.1. The molecule has 0 heterocycles. The Morgan fingerprint density at radius 2 is 1.54 bits per heavy atom. The van der Waals surface area contributed by atoms with Gasteiger partial charge in [-0.3, -0.25) is 14.4 Å². The molecule has 0 spiro atoms. The fourth-order valence-corrected chi connectivity index (χ4v) is 3.11. The van der Waals surface area contributed by atoms with Gasteiger partial charge in [0.1, 0.15) is 29.9 Å². The fraction of sp³-hybridized carbons (Fsp3) is 0.545. The maximum Gasteiger partial charge on any atom is 0.326 e. The van der Waals surface area contributed by atoms with Crippen LogP contribution in [-0.2, 0) is 25.6 Å². The number of carbonyl (C=O) groups is 4. The van der Waals surface area contributed by atoms with Crippen molar-refractivity contribution in [1.29, 1.82) is 0 Å². The van der Waals surface area contributed by atoms with Crippen molar-refractivity contribution in [1.82, 2.24) is 16.0 Å². The third-order valence-electron chi connectivity index (χ3n) is 5.17. The van der Waals surface area contributed by atoms with Gasteiger partial charge in [-0.15, -0.1) is 0 Å². The number of carbonyl (C=O) groups excluding carboxylic acids is 3. The fourth-order valence-electron chi connectivity index (χ4n) is 3.11. The zero-order chi connectivity index (χ0) is 26.5. The molecule has 1 rings (SSSR count). The van der Waals surface area contributed by atoms with E-state index in [4.69, 9.17) is 16.6 Å². The van der Waals surface area contributed by atoms with Crippen molar-refractivity contribution in [3.05, 3.63) is 29.8 Å². The van der Waals surface area contributed by atoms with Crippen molar-refractivity contribution in [2.75, 3.05) is 13.2 Å². The number of phenols is 1. The third-order valence-corrected chi connectivity index (χ3v) is 5.17. The molecule has 11 N–H and O–H groups in total. The van der Waals surface area contributed by atoms with Gasteiger partial charge in [-0.2, -0.15) is 0 Å². The number of hydrogen-bond acceptors (Lipinski definition) is 9. The average Bonchev–Trinajstić information content (AvgIpc) is 2.81. The Hall–Kier alpha value is -3.26. The SMILES string of the molecule is C[C@@H](O)[C@H](NC(=O)[C@H](CCCCN)NC(=O)[C@@H](N)CO)C(=O)N[C@@H](Cc1ccc(O)cc1)C(=O)O. The summed E-state index contributed by atoms with van der Waals surface area (Å²) in [5.41, 5.74) is 11.5. The van der Waals surface area contributed by atoms with Gasteiger partial charge in [0, 0.05) is 6.42 Å². The summed E-state index contributed by atoms with van der Waals surface area (Å²) in [7, 11) is 0. The molecule has 1 aromatic rings. The topological polar surface area (TPSA) is 237 Å². The van der Waals surface area contributed by atoms with E-state index in [1.807, 2.05) is 0 Å². The van der Waals surface area contributed by atoms with E-state index in [9.17, 15) is 34.5 Å². The molecule has 13 heteroatoms. The number of aliphatic hydroxyl groups excluding tert-OH is 2. The lowest BCUT2D eigenvalue weighted by molar-refractivity contribution is -0.143. The van der Waals surface area contributed by atoms with Crippen LogP contribution < -0.4 is 27.4 Å². The average molecular weight is 498 g/mol. The third kappa shape index (κ3) is 10.3. The van der Waals surface area contributed by atoms with Crippen LogP contribution in [-0.4, -0.2) is 87.5 Å². The number of nitrogens with one attached hydrogen (secondary N) is 3. The van der Waals surface area contributed by atoms with Crippen molar-refractivity contribution >= 4 is 23.7 Å². The molecule has 0 radical (unpaired) electrons. The standard InChI is InChI=1S/C22H35N5O8/c1-12(29)18(21(33)26-17(22(34)35)10-13-5-7-14(30)8-6-13)27-20(32)16(4-2-3-9-23)25-19(31)15(24)11-28/h5-8,12,15-18,28-30H,2-4,9-11,23-24H2,1H3,(H,25,31)(H,26,33)(H,27,32)(H,34,35)/t12-,15+,16+,17+,18+/m1/s1. The van der Waals surface area contributed by atoms with Crippen LogP contribution in [0.15, 0.2) is 24.3 Å². The zero-order valence-corrected chi connectivity index (χ0v) is 19.5. The Kier molecular flexibility index (Phi) is 12.7. The first-order valence-electron chi connectivity index (χ1n) is 11.2. The summed E-state index contributed by atoms with van der Waals surface area (Å²) in [5.74, 6) is -3.87. The zero-order valence-electron chi connectivity index (χ0n) is 19.5. The van der Waals surface area contributed by atoms with Crippen molar-refractivity contribution < 1.29 is 39.6 Å². The molecule has 0 saturated carbocycles. The van der Waals surface area contributed by atoms with Crippen molar-refractivity contribution in [2.24, 2.45) is 11.5 Å². The van der Waals surface area contributed by atoms with E-state index in [-0.39, 0.29) is 18.6 Å². The molecule has 0 unspecified atom stereocenters. The predicted octanol–water partition coefficient (Wildman–Crippen LogP) is -2.70. The Balaban J connectivity index is 2.95. The number of phenolic OH excluding ortho intramolecular Hbond substituents is 1. The lowest BCUT2D eigenvalue weighted by atomic mass is 10.0. The minimum absolute atomic E-state index is 0.00500. The number of aliphatic hydroxyl groups is 2. The van der Waals surface area contributed by atoms with E-state index in [0.29, 0.717) is 24.9 Å². The van der Waals surface area contributed by atoms with Crippen LogP contribution in [0.2, 0.25) is 0 Å². The first-order valence-corrected chi connectivity index (χ1v) is 11.2. The molecule has 0 aromatic heterocycles. The Morgan fingerprint density at radius 1 is 0.943 bits per heavy atom. The van der Waals surface area contributed by atoms with Gasteiger partial charge in [0.15, 0.2) is 0 Å². The number of hydrogen-bond donors (Lipinski definition) is 9. The molecule has 1 aromatic carbocycles. The Labute approximate surface area is 202 Å². The molecular weight excluding hydrogens is 462 g/mol. The maximum atomic E-state index is 12.9. The molecule has 0 saturated heterocycles. The van der Waals surface area contributed by atoms with Crippen molar-refractivity contribution in [3.8, 4) is 5.75 Å². The number of rotatable bonds is 15. The molecule has 196 valence electrons. The number of amides is 3. The van der Waals surface area contributed by atoms with Gasteiger partial charge in [0.05, 0.1) is 12.7 Å². The van der Waals surface area contributed by atoms with Gasteiger partial charge in [-0.1, -0.05) is 12.1 Å². The van der Waals surface area contributed by atoms with E-state index >= 15 is 0 Å². The first-order chi connectivity index (χ1) is 16.5. The second-order valence-corrected chi connectivity index (χ2v) is 8.13. The van der Waals surface area contributed by atoms with Gasteiger partial charge in [-0.05, 0) is 50.4 Å². The number of carboxylic acids is 1. The molecule has 0 aliphatic rings. The second-order valence-electron chi connectivity index (χ2n) is 8.13. The molecule has 0 aliphatic heterocycles. The smallest absolute Gasteiger partial charge is 0.326 e. The van der Waals surface area contributed by atoms with E-state index in [2.05, 4.69) is 16.0 Å². The number of aliphatic carboxylic acids is 1. The van der Waals surface area contributed by atoms with Crippen LogP contribution in [0, 0.1) is 0 Å². The summed E-state index contributed by atoms with van der Waals surface area (Å²) in [4.78, 5) is 49.4. The number of carboxylic acid groups (broad SMARTS) is 1. The number of unbranched alkanes of at least 4 members (excludes halogenated alkanes) is 1. The van der Waals surface area contributed by atoms with Crippen LogP contribution >= 0.6 is 0 Å². The molecule has 0 fully saturated rings. The summed E-state index contributed by atoms with van der Waals surface area (Å²) in [6.07, 6.45) is -0.341. The molecule has 5 atom stereocenters. The monoisotopic (exact) mass is 497 g/mol. The van der Waals surface area contributed by atoms with E-state index in [1.54, 1.807) is 0 Å². The summed E-state index contributed by atoms with van der Waals surface area (Å²) < 4.78 is 0. The predicted molar refractivity (Wildman–Crippen MR) is 125 cm³/mol. The highest BCUT2D eigenvalue weighted by atomic mass is 16.4. The van der Waals surface area contributed by atoms with E-state index < -0.39 is 60.6 Å². The normalized spacial score (nSPS) is 15.2. The van der Waals surface area contributed by atoms with E-state index in [1.165, 1.54) is 31.2 Å². The quantitative estimate of drug-likeness (QED) is 0.114. The maximum absolute atomic E-state index is 12.9. The van der Waals surface area contributed by atoms with Crippen molar-refractivity contribution in [2.45, 2.75) is 62.9 Å². The van der Waals surface area contributed by atoms with Gasteiger partial charge >= 0.3 is 5.97 Å². The van der Waals surface area contributed by atoms with Gasteiger partial charge in [0.2, 0.25) is 17.7 Å². The van der Waals surface area contributed by atoms with Gasteiger partial charge in [-0.25, -0.2) is 4.79 Å². The van der Waals surface area contributed by atoms with Crippen LogP contribution in [0.5, 0.6) is 5.75 Å². The lowest BCUT2D eigenvalue weighted by Gasteiger charge is -2.26. The number of nitrogens with two attached hydrogens (primary N) is 2. The minimum atomic E-state index is -1.52. The van der Waals surface area contributed by atoms with E-state index in [0.717, 1.165) is 0 Å². The highest BCUT2D eigenvalue weighted by molar-refractivity contribution is 5.94. The second kappa shape index (κ2) is 14.9. The summed E-state index contributed by atoms with van der Waals surface area (Å²) >= 11 is 0. The van der Waals surface area contributed by atoms with Crippen LogP contribution in [0.1, 0.15) is 31.7 Å². The highest BCUT2D eigenvalue weighted by Crippen LogP contribution is 2.12. The molecule has 0 bridgehead atoms. The first kappa shape index (κ1) is 29.8. The van der Waals surface area contributed by atoms with Crippen molar-refractivity contribution in [3.63, 3.8) is 0 Å². The summed E-state index contributed by atoms with van der Waals surface area (Å²) in [6, 6.07) is 0.443. The van der Waals surface area contributed by atoms with Crippen LogP contribution in [0.3, 0.4) is 0 Å². The lowest BCUT2D eigenvalue weighted by Crippen LogP contribution is -2.60. The van der Waals surface area contributed by atoms with Crippen LogP contribution in [0.25, 0.3) is 0 Å². The Bertz CT molecular complexity index is 849. The number of aromatic hydroxyl groups is 1. The highest BCUT2D eigenvalue weighted by Gasteiger charge is 2.32.